The highest BCUT2D eigenvalue weighted by molar-refractivity contribution is 5.90. The third-order valence-electron chi connectivity index (χ3n) is 2.31. The van der Waals surface area contributed by atoms with Gasteiger partial charge in [-0.2, -0.15) is 0 Å². The number of nitrogens with one attached hydrogen (secondary N) is 2. The number of amides is 1. The maximum Gasteiger partial charge on any atom is 0.255 e. The van der Waals surface area contributed by atoms with E-state index < -0.39 is 0 Å². The van der Waals surface area contributed by atoms with Crippen LogP contribution in [0.1, 0.15) is 0 Å². The summed E-state index contributed by atoms with van der Waals surface area (Å²) in [4.78, 5) is 24.5. The molecule has 2 N–H and O–H groups in total. The van der Waals surface area contributed by atoms with Gasteiger partial charge in [0.25, 0.3) is 5.56 Å². The number of H-pyrrole nitrogens is 1. The zero-order valence-corrected chi connectivity index (χ0v) is 8.61. The van der Waals surface area contributed by atoms with Crippen molar-refractivity contribution in [1.29, 1.82) is 0 Å². The van der Waals surface area contributed by atoms with E-state index in [1.807, 2.05) is 0 Å². The van der Waals surface area contributed by atoms with Crippen LogP contribution >= 0.6 is 0 Å². The molecule has 1 amide bonds. The van der Waals surface area contributed by atoms with E-state index in [1.165, 1.54) is 7.11 Å². The molecule has 16 heavy (non-hydrogen) atoms. The van der Waals surface area contributed by atoms with Gasteiger partial charge in [-0.3, -0.25) is 9.59 Å². The number of rotatable bonds is 3. The summed E-state index contributed by atoms with van der Waals surface area (Å²) in [5.74, 6) is 0.455. The number of benzene rings is 1. The molecule has 1 aromatic heterocycles. The lowest BCUT2D eigenvalue weighted by molar-refractivity contribution is -0.105. The second-order valence-electron chi connectivity index (χ2n) is 3.21. The topological polar surface area (TPSA) is 71.2 Å². The first-order valence-electron chi connectivity index (χ1n) is 4.66. The van der Waals surface area contributed by atoms with Gasteiger partial charge in [-0.25, -0.2) is 0 Å². The van der Waals surface area contributed by atoms with Crippen LogP contribution in [-0.4, -0.2) is 18.5 Å². The Hall–Kier alpha value is -2.30. The van der Waals surface area contributed by atoms with Gasteiger partial charge in [0, 0.05) is 6.20 Å². The molecule has 0 bridgehead atoms. The molecule has 1 aromatic carbocycles. The number of hydrogen-bond acceptors (Lipinski definition) is 3. The van der Waals surface area contributed by atoms with Gasteiger partial charge in [-0.15, -0.1) is 0 Å². The quantitative estimate of drug-likeness (QED) is 0.758. The summed E-state index contributed by atoms with van der Waals surface area (Å²) in [5.41, 5.74) is 0.351. The maximum absolute atomic E-state index is 11.5. The molecule has 1 heterocycles. The molecule has 0 fully saturated rings. The summed E-state index contributed by atoms with van der Waals surface area (Å²) in [7, 11) is 1.48. The lowest BCUT2D eigenvalue weighted by Crippen LogP contribution is -2.06. The smallest absolute Gasteiger partial charge is 0.255 e. The molecule has 2 rings (SSSR count). The van der Waals surface area contributed by atoms with Gasteiger partial charge in [0.2, 0.25) is 6.41 Å². The van der Waals surface area contributed by atoms with Gasteiger partial charge in [0.05, 0.1) is 18.2 Å². The summed E-state index contributed by atoms with van der Waals surface area (Å²) in [6, 6.07) is 5.05. The Morgan fingerprint density at radius 1 is 1.44 bits per heavy atom. The van der Waals surface area contributed by atoms with Crippen LogP contribution in [0.3, 0.4) is 0 Å². The summed E-state index contributed by atoms with van der Waals surface area (Å²) in [6.07, 6.45) is 2.12. The van der Waals surface area contributed by atoms with Crippen molar-refractivity contribution in [2.45, 2.75) is 0 Å². The first-order valence-corrected chi connectivity index (χ1v) is 4.66. The van der Waals surface area contributed by atoms with Crippen molar-refractivity contribution in [2.75, 3.05) is 12.4 Å². The van der Waals surface area contributed by atoms with Gasteiger partial charge >= 0.3 is 0 Å². The molecule has 0 aliphatic rings. The maximum atomic E-state index is 11.5. The van der Waals surface area contributed by atoms with Crippen LogP contribution in [0, 0.1) is 0 Å². The van der Waals surface area contributed by atoms with Crippen LogP contribution in [0.5, 0.6) is 5.75 Å². The minimum absolute atomic E-state index is 0.187. The molecule has 0 saturated carbocycles. The van der Waals surface area contributed by atoms with Crippen LogP contribution in [0.4, 0.5) is 5.69 Å². The van der Waals surface area contributed by atoms with Crippen molar-refractivity contribution in [3.63, 3.8) is 0 Å². The minimum Gasteiger partial charge on any atom is -0.495 e. The van der Waals surface area contributed by atoms with E-state index in [1.54, 1.807) is 24.4 Å². The number of aromatic amines is 1. The number of carbonyl (C=O) groups excluding carboxylic acids is 1. The lowest BCUT2D eigenvalue weighted by Gasteiger charge is -2.08. The van der Waals surface area contributed by atoms with Crippen LogP contribution in [0.2, 0.25) is 0 Å². The van der Waals surface area contributed by atoms with E-state index >= 15 is 0 Å². The van der Waals surface area contributed by atoms with Crippen LogP contribution in [0.25, 0.3) is 10.8 Å². The van der Waals surface area contributed by atoms with Crippen molar-refractivity contribution in [2.24, 2.45) is 0 Å². The zero-order valence-electron chi connectivity index (χ0n) is 8.61. The summed E-state index contributed by atoms with van der Waals surface area (Å²) < 4.78 is 5.09. The summed E-state index contributed by atoms with van der Waals surface area (Å²) in [5, 5.41) is 3.79. The number of aromatic nitrogens is 1. The number of anilines is 1. The molecular formula is C11H10N2O3. The molecule has 5 nitrogen and oxygen atoms in total. The van der Waals surface area contributed by atoms with E-state index in [0.717, 1.165) is 5.39 Å². The van der Waals surface area contributed by atoms with E-state index in [-0.39, 0.29) is 5.56 Å². The highest BCUT2D eigenvalue weighted by Crippen LogP contribution is 2.27. The number of carbonyl (C=O) groups is 1. The third-order valence-corrected chi connectivity index (χ3v) is 2.31. The Balaban J connectivity index is 2.74. The highest BCUT2D eigenvalue weighted by atomic mass is 16.5. The number of hydrogen-bond donors (Lipinski definition) is 2. The molecule has 0 unspecified atom stereocenters. The van der Waals surface area contributed by atoms with Crippen molar-refractivity contribution in [1.82, 2.24) is 4.98 Å². The normalized spacial score (nSPS) is 10.1. The lowest BCUT2D eigenvalue weighted by atomic mass is 10.1. The van der Waals surface area contributed by atoms with Gasteiger partial charge in [-0.1, -0.05) is 0 Å². The first kappa shape index (κ1) is 10.2. The Morgan fingerprint density at radius 3 is 2.94 bits per heavy atom. The molecule has 0 spiro atoms. The predicted molar refractivity (Wildman–Crippen MR) is 60.8 cm³/mol. The van der Waals surface area contributed by atoms with E-state index in [2.05, 4.69) is 10.3 Å². The highest BCUT2D eigenvalue weighted by Gasteiger charge is 2.06. The summed E-state index contributed by atoms with van der Waals surface area (Å²) in [6.45, 7) is 0. The molecule has 0 radical (unpaired) electrons. The fraction of sp³-hybridized carbons (Fsp3) is 0.0909. The molecule has 5 heteroatoms. The predicted octanol–water partition coefficient (Wildman–Crippen LogP) is 1.10. The van der Waals surface area contributed by atoms with Gasteiger partial charge in [0.15, 0.2) is 0 Å². The third kappa shape index (κ3) is 1.63. The first-order chi connectivity index (χ1) is 7.76. The van der Waals surface area contributed by atoms with Crippen LogP contribution in [0.15, 0.2) is 29.2 Å². The molecule has 0 saturated heterocycles. The van der Waals surface area contributed by atoms with E-state index in [0.29, 0.717) is 23.2 Å². The van der Waals surface area contributed by atoms with Crippen LogP contribution in [-0.2, 0) is 4.79 Å². The molecule has 82 valence electrons. The Kier molecular flexibility index (Phi) is 2.59. The number of pyridine rings is 1. The fourth-order valence-electron chi connectivity index (χ4n) is 1.56. The number of methoxy groups -OCH3 is 1. The Labute approximate surface area is 91.0 Å². The Bertz CT molecular complexity index is 589. The fourth-order valence-corrected chi connectivity index (χ4v) is 1.56. The SMILES string of the molecule is COc1cc2c(=O)[nH]ccc2cc1NC=O. The van der Waals surface area contributed by atoms with Gasteiger partial charge < -0.3 is 15.0 Å². The monoisotopic (exact) mass is 218 g/mol. The Morgan fingerprint density at radius 2 is 2.25 bits per heavy atom. The average molecular weight is 218 g/mol. The van der Waals surface area contributed by atoms with Crippen molar-refractivity contribution >= 4 is 22.9 Å². The van der Waals surface area contributed by atoms with E-state index in [9.17, 15) is 9.59 Å². The van der Waals surface area contributed by atoms with E-state index in [4.69, 9.17) is 4.74 Å². The average Bonchev–Trinajstić information content (AvgIpc) is 2.29. The number of ether oxygens (including phenoxy) is 1. The van der Waals surface area contributed by atoms with Crippen molar-refractivity contribution in [3.05, 3.63) is 34.7 Å². The van der Waals surface area contributed by atoms with Crippen molar-refractivity contribution in [3.8, 4) is 5.75 Å². The van der Waals surface area contributed by atoms with Crippen molar-refractivity contribution < 1.29 is 9.53 Å². The standard InChI is InChI=1S/C11H10N2O3/c1-16-10-5-8-7(2-3-12-11(8)15)4-9(10)13-6-14/h2-6H,1H3,(H,12,15)(H,13,14). The molecular weight excluding hydrogens is 208 g/mol. The van der Waals surface area contributed by atoms with Crippen LogP contribution < -0.4 is 15.6 Å². The molecule has 0 aliphatic carbocycles. The summed E-state index contributed by atoms with van der Waals surface area (Å²) >= 11 is 0. The number of fused-ring (bicyclic) bond motifs is 1. The second-order valence-corrected chi connectivity index (χ2v) is 3.21. The van der Waals surface area contributed by atoms with Gasteiger partial charge in [-0.05, 0) is 23.6 Å². The van der Waals surface area contributed by atoms with Gasteiger partial charge in [0.1, 0.15) is 5.75 Å². The minimum atomic E-state index is -0.187. The zero-order chi connectivity index (χ0) is 11.5. The molecule has 0 atom stereocenters. The molecule has 0 aliphatic heterocycles. The largest absolute Gasteiger partial charge is 0.495 e. The second kappa shape index (κ2) is 4.06. The molecule has 2 aromatic rings.